The molecule has 9 heteroatoms. The first-order valence-corrected chi connectivity index (χ1v) is 11.6. The number of thiophene rings is 1. The van der Waals surface area contributed by atoms with Crippen molar-refractivity contribution in [2.45, 2.75) is 17.6 Å². The van der Waals surface area contributed by atoms with E-state index in [-0.39, 0.29) is 30.7 Å². The number of sulfonamides is 1. The van der Waals surface area contributed by atoms with Gasteiger partial charge in [-0.05, 0) is 52.2 Å². The lowest BCUT2D eigenvalue weighted by molar-refractivity contribution is -0.136. The van der Waals surface area contributed by atoms with E-state index in [2.05, 4.69) is 15.9 Å². The molecule has 1 aliphatic rings. The molecular weight excluding hydrogens is 455 g/mol. The molecule has 2 heterocycles. The summed E-state index contributed by atoms with van der Waals surface area (Å²) in [4.78, 5) is 14.4. The Morgan fingerprint density at radius 1 is 1.22 bits per heavy atom. The van der Waals surface area contributed by atoms with Gasteiger partial charge in [-0.1, -0.05) is 19.1 Å². The van der Waals surface area contributed by atoms with Gasteiger partial charge in [0.25, 0.3) is 10.0 Å². The van der Waals surface area contributed by atoms with E-state index in [0.29, 0.717) is 23.7 Å². The lowest BCUT2D eigenvalue weighted by atomic mass is 9.99. The fourth-order valence-corrected chi connectivity index (χ4v) is 6.72. The number of carbonyl (C=O) groups is 1. The van der Waals surface area contributed by atoms with Crippen LogP contribution in [0.3, 0.4) is 0 Å². The average molecular weight is 475 g/mol. The number of benzene rings is 1. The first-order chi connectivity index (χ1) is 12.8. The van der Waals surface area contributed by atoms with E-state index in [0.717, 1.165) is 9.35 Å². The number of halogens is 2. The number of carbonyl (C=O) groups excluding carboxylic acids is 1. The fourth-order valence-electron chi connectivity index (χ4n) is 3.13. The van der Waals surface area contributed by atoms with Crippen LogP contribution in [-0.4, -0.2) is 49.7 Å². The second-order valence-electron chi connectivity index (χ2n) is 6.52. The van der Waals surface area contributed by atoms with Crippen LogP contribution in [0.1, 0.15) is 12.5 Å². The lowest BCUT2D eigenvalue weighted by Gasteiger charge is -2.35. The van der Waals surface area contributed by atoms with E-state index in [1.54, 1.807) is 29.2 Å². The third kappa shape index (κ3) is 4.77. The van der Waals surface area contributed by atoms with Crippen LogP contribution in [0.5, 0.6) is 0 Å². The Labute approximate surface area is 171 Å². The van der Waals surface area contributed by atoms with Gasteiger partial charge >= 0.3 is 0 Å². The molecule has 1 aromatic carbocycles. The van der Waals surface area contributed by atoms with Gasteiger partial charge in [0.1, 0.15) is 10.0 Å². The molecule has 0 N–H and O–H groups in total. The molecule has 0 radical (unpaired) electrons. The number of hydrogen-bond acceptors (Lipinski definition) is 4. The van der Waals surface area contributed by atoms with E-state index in [4.69, 9.17) is 0 Å². The highest BCUT2D eigenvalue weighted by Crippen LogP contribution is 2.29. The number of nitrogens with zero attached hydrogens (tertiary/aromatic N) is 2. The van der Waals surface area contributed by atoms with Crippen LogP contribution in [-0.2, 0) is 21.2 Å². The Kier molecular flexibility index (Phi) is 6.35. The molecule has 1 fully saturated rings. The zero-order chi connectivity index (χ0) is 19.6. The quantitative estimate of drug-likeness (QED) is 0.667. The summed E-state index contributed by atoms with van der Waals surface area (Å²) in [7, 11) is -3.52. The molecule has 27 heavy (non-hydrogen) atoms. The maximum absolute atomic E-state index is 13.3. The molecule has 3 rings (SSSR count). The van der Waals surface area contributed by atoms with Gasteiger partial charge in [-0.25, -0.2) is 12.8 Å². The molecule has 0 aliphatic carbocycles. The van der Waals surface area contributed by atoms with Gasteiger partial charge in [0, 0.05) is 32.1 Å². The number of rotatable bonds is 5. The lowest BCUT2D eigenvalue weighted by Crippen LogP contribution is -2.51. The molecule has 5 nitrogen and oxygen atoms in total. The Hall–Kier alpha value is -1.29. The Morgan fingerprint density at radius 2 is 1.93 bits per heavy atom. The topological polar surface area (TPSA) is 57.7 Å². The summed E-state index contributed by atoms with van der Waals surface area (Å²) in [6, 6.07) is 9.55. The second kappa shape index (κ2) is 8.38. The van der Waals surface area contributed by atoms with Crippen molar-refractivity contribution < 1.29 is 17.6 Å². The van der Waals surface area contributed by atoms with Crippen LogP contribution in [0.15, 0.2) is 44.4 Å². The highest BCUT2D eigenvalue weighted by Gasteiger charge is 2.32. The predicted octanol–water partition coefficient (Wildman–Crippen LogP) is 3.36. The largest absolute Gasteiger partial charge is 0.340 e. The van der Waals surface area contributed by atoms with Crippen LogP contribution >= 0.6 is 27.3 Å². The van der Waals surface area contributed by atoms with Crippen LogP contribution < -0.4 is 0 Å². The van der Waals surface area contributed by atoms with Crippen LogP contribution in [0.4, 0.5) is 4.39 Å². The van der Waals surface area contributed by atoms with Crippen molar-refractivity contribution in [1.82, 2.24) is 9.21 Å². The van der Waals surface area contributed by atoms with Gasteiger partial charge in [0.05, 0.1) is 3.79 Å². The summed E-state index contributed by atoms with van der Waals surface area (Å²) in [5.41, 5.74) is 0.778. The molecule has 2 aromatic rings. The van der Waals surface area contributed by atoms with Crippen molar-refractivity contribution >= 4 is 43.2 Å². The number of hydrogen-bond donors (Lipinski definition) is 0. The molecule has 1 amide bonds. The van der Waals surface area contributed by atoms with E-state index >= 15 is 0 Å². The second-order valence-corrected chi connectivity index (χ2v) is 11.2. The zero-order valence-corrected chi connectivity index (χ0v) is 18.0. The minimum Gasteiger partial charge on any atom is -0.340 e. The van der Waals surface area contributed by atoms with Gasteiger partial charge in [-0.3, -0.25) is 4.79 Å². The zero-order valence-electron chi connectivity index (χ0n) is 14.8. The van der Waals surface area contributed by atoms with Gasteiger partial charge in [-0.15, -0.1) is 11.3 Å². The standard InChI is InChI=1S/C18H20BrFN2O3S2/c1-13(11-14-3-2-4-15(20)12-14)18(23)21-7-9-22(10-8-21)27(24,25)17-6-5-16(19)26-17/h2-6,12-13H,7-11H2,1H3. The van der Waals surface area contributed by atoms with Crippen molar-refractivity contribution in [3.8, 4) is 0 Å². The highest BCUT2D eigenvalue weighted by atomic mass is 79.9. The number of amides is 1. The van der Waals surface area contributed by atoms with Crippen molar-refractivity contribution in [1.29, 1.82) is 0 Å². The minimum atomic E-state index is -3.52. The molecule has 0 bridgehead atoms. The van der Waals surface area contributed by atoms with Crippen molar-refractivity contribution in [3.63, 3.8) is 0 Å². The molecular formula is C18H20BrFN2O3S2. The summed E-state index contributed by atoms with van der Waals surface area (Å²) in [6.07, 6.45) is 0.457. The number of piperazine rings is 1. The summed E-state index contributed by atoms with van der Waals surface area (Å²) in [5, 5.41) is 0. The van der Waals surface area contributed by atoms with Crippen LogP contribution in [0, 0.1) is 11.7 Å². The van der Waals surface area contributed by atoms with Crippen LogP contribution in [0.25, 0.3) is 0 Å². The third-order valence-corrected chi connectivity index (χ3v) is 8.54. The molecule has 1 saturated heterocycles. The maximum atomic E-state index is 13.3. The molecule has 0 spiro atoms. The van der Waals surface area contributed by atoms with Gasteiger partial charge in [-0.2, -0.15) is 4.31 Å². The molecule has 1 aliphatic heterocycles. The van der Waals surface area contributed by atoms with E-state index in [1.165, 1.54) is 27.8 Å². The van der Waals surface area contributed by atoms with E-state index < -0.39 is 10.0 Å². The molecule has 1 aromatic heterocycles. The fraction of sp³-hybridized carbons (Fsp3) is 0.389. The summed E-state index contributed by atoms with van der Waals surface area (Å²) >= 11 is 4.46. The SMILES string of the molecule is CC(Cc1cccc(F)c1)C(=O)N1CCN(S(=O)(=O)c2ccc(Br)s2)CC1. The Morgan fingerprint density at radius 3 is 2.52 bits per heavy atom. The van der Waals surface area contributed by atoms with Crippen molar-refractivity contribution in [2.24, 2.45) is 5.92 Å². The Balaban J connectivity index is 1.59. The normalized spacial score (nSPS) is 17.1. The highest BCUT2D eigenvalue weighted by molar-refractivity contribution is 9.11. The maximum Gasteiger partial charge on any atom is 0.252 e. The first-order valence-electron chi connectivity index (χ1n) is 8.56. The molecule has 146 valence electrons. The monoisotopic (exact) mass is 474 g/mol. The first kappa shape index (κ1) is 20.4. The smallest absolute Gasteiger partial charge is 0.252 e. The molecule has 1 atom stereocenters. The van der Waals surface area contributed by atoms with Gasteiger partial charge < -0.3 is 4.90 Å². The molecule has 0 saturated carbocycles. The Bertz CT molecular complexity index is 924. The van der Waals surface area contributed by atoms with Crippen molar-refractivity contribution in [2.75, 3.05) is 26.2 Å². The van der Waals surface area contributed by atoms with Gasteiger partial charge in [0.2, 0.25) is 5.91 Å². The predicted molar refractivity (Wildman–Crippen MR) is 107 cm³/mol. The average Bonchev–Trinajstić information content (AvgIpc) is 3.08. The van der Waals surface area contributed by atoms with E-state index in [1.807, 2.05) is 6.92 Å². The van der Waals surface area contributed by atoms with Crippen LogP contribution in [0.2, 0.25) is 0 Å². The molecule has 1 unspecified atom stereocenters. The van der Waals surface area contributed by atoms with Gasteiger partial charge in [0.15, 0.2) is 0 Å². The minimum absolute atomic E-state index is 0.0322. The van der Waals surface area contributed by atoms with Crippen molar-refractivity contribution in [3.05, 3.63) is 51.6 Å². The summed E-state index contributed by atoms with van der Waals surface area (Å²) in [5.74, 6) is -0.635. The summed E-state index contributed by atoms with van der Waals surface area (Å²) < 4.78 is 41.1. The third-order valence-electron chi connectivity index (χ3n) is 4.55. The van der Waals surface area contributed by atoms with E-state index in [9.17, 15) is 17.6 Å². The summed E-state index contributed by atoms with van der Waals surface area (Å²) in [6.45, 7) is 3.09.